The van der Waals surface area contributed by atoms with Crippen LogP contribution in [0.4, 0.5) is 5.69 Å². The standard InChI is InChI=1S/C32H39Cl2N3O4S/c1-7-23-12-9-10-15-29(23)37(42(40,41)24-18-16-22(3)17-19-24)21-30(38)36(20-25-26(33)13-11-14-27(25)34)28(8-2)31(39)35-32(4,5)6/h9-19,28H,7-8,20-21H2,1-6H3,(H,35,39). The quantitative estimate of drug-likeness (QED) is 0.253. The monoisotopic (exact) mass is 631 g/mol. The van der Waals surface area contributed by atoms with E-state index in [0.717, 1.165) is 15.4 Å². The van der Waals surface area contributed by atoms with Gasteiger partial charge in [-0.2, -0.15) is 0 Å². The van der Waals surface area contributed by atoms with E-state index in [1.165, 1.54) is 17.0 Å². The Labute approximate surface area is 259 Å². The number of hydrogen-bond acceptors (Lipinski definition) is 4. The molecular weight excluding hydrogens is 593 g/mol. The molecule has 42 heavy (non-hydrogen) atoms. The summed E-state index contributed by atoms with van der Waals surface area (Å²) >= 11 is 13.0. The normalized spacial score (nSPS) is 12.5. The molecule has 226 valence electrons. The molecule has 0 aliphatic carbocycles. The Bertz CT molecular complexity index is 1500. The van der Waals surface area contributed by atoms with Crippen LogP contribution in [0.2, 0.25) is 10.0 Å². The molecule has 3 aromatic rings. The summed E-state index contributed by atoms with van der Waals surface area (Å²) in [6, 6.07) is 17.7. The molecule has 0 aliphatic rings. The third-order valence-electron chi connectivity index (χ3n) is 6.80. The number of carbonyl (C=O) groups is 2. The van der Waals surface area contributed by atoms with Gasteiger partial charge in [-0.15, -0.1) is 0 Å². The molecule has 0 saturated carbocycles. The number of aryl methyl sites for hydroxylation is 2. The first-order valence-electron chi connectivity index (χ1n) is 13.9. The number of hydrogen-bond donors (Lipinski definition) is 1. The van der Waals surface area contributed by atoms with Crippen molar-refractivity contribution >= 4 is 50.7 Å². The molecule has 0 aromatic heterocycles. The van der Waals surface area contributed by atoms with Gasteiger partial charge in [-0.1, -0.05) is 79.0 Å². The lowest BCUT2D eigenvalue weighted by Crippen LogP contribution is -2.55. The Hall–Kier alpha value is -3.07. The Balaban J connectivity index is 2.15. The first kappa shape index (κ1) is 33.4. The van der Waals surface area contributed by atoms with E-state index in [1.807, 2.05) is 46.8 Å². The minimum atomic E-state index is -4.17. The van der Waals surface area contributed by atoms with Crippen molar-refractivity contribution in [1.29, 1.82) is 0 Å². The van der Waals surface area contributed by atoms with Crippen LogP contribution in [0.15, 0.2) is 71.6 Å². The number of anilines is 1. The van der Waals surface area contributed by atoms with Crippen molar-refractivity contribution in [2.75, 3.05) is 10.8 Å². The third kappa shape index (κ3) is 8.06. The molecule has 2 amide bonds. The van der Waals surface area contributed by atoms with Crippen LogP contribution in [0.25, 0.3) is 0 Å². The molecule has 0 radical (unpaired) electrons. The Morgan fingerprint density at radius 3 is 2.05 bits per heavy atom. The fourth-order valence-electron chi connectivity index (χ4n) is 4.63. The van der Waals surface area contributed by atoms with Crippen LogP contribution in [0.3, 0.4) is 0 Å². The highest BCUT2D eigenvalue weighted by molar-refractivity contribution is 7.92. The average molecular weight is 633 g/mol. The largest absolute Gasteiger partial charge is 0.350 e. The van der Waals surface area contributed by atoms with Crippen molar-refractivity contribution in [2.45, 2.75) is 77.4 Å². The number of rotatable bonds is 11. The van der Waals surface area contributed by atoms with Gasteiger partial charge in [-0.25, -0.2) is 8.42 Å². The van der Waals surface area contributed by atoms with E-state index in [1.54, 1.807) is 49.4 Å². The van der Waals surface area contributed by atoms with Crippen LogP contribution in [0, 0.1) is 6.92 Å². The second kappa shape index (κ2) is 13.9. The summed E-state index contributed by atoms with van der Waals surface area (Å²) in [5.74, 6) is -0.924. The lowest BCUT2D eigenvalue weighted by Gasteiger charge is -2.35. The Morgan fingerprint density at radius 2 is 1.50 bits per heavy atom. The molecule has 0 saturated heterocycles. The van der Waals surface area contributed by atoms with Gasteiger partial charge in [0.05, 0.1) is 10.6 Å². The maximum Gasteiger partial charge on any atom is 0.264 e. The molecule has 0 fully saturated rings. The second-order valence-corrected chi connectivity index (χ2v) is 13.9. The van der Waals surface area contributed by atoms with Gasteiger partial charge in [0.25, 0.3) is 10.0 Å². The van der Waals surface area contributed by atoms with Crippen LogP contribution >= 0.6 is 23.2 Å². The van der Waals surface area contributed by atoms with Crippen molar-refractivity contribution in [2.24, 2.45) is 0 Å². The summed E-state index contributed by atoms with van der Waals surface area (Å²) in [6.07, 6.45) is 0.834. The van der Waals surface area contributed by atoms with Gasteiger partial charge >= 0.3 is 0 Å². The minimum Gasteiger partial charge on any atom is -0.350 e. The van der Waals surface area contributed by atoms with E-state index in [2.05, 4.69) is 5.32 Å². The van der Waals surface area contributed by atoms with Crippen molar-refractivity contribution in [3.05, 3.63) is 93.5 Å². The highest BCUT2D eigenvalue weighted by atomic mass is 35.5. The van der Waals surface area contributed by atoms with Crippen LogP contribution < -0.4 is 9.62 Å². The van der Waals surface area contributed by atoms with Gasteiger partial charge in [0, 0.05) is 27.7 Å². The molecule has 10 heteroatoms. The number of amides is 2. The fourth-order valence-corrected chi connectivity index (χ4v) is 6.60. The highest BCUT2D eigenvalue weighted by Crippen LogP contribution is 2.30. The molecule has 0 aliphatic heterocycles. The van der Waals surface area contributed by atoms with Crippen molar-refractivity contribution in [1.82, 2.24) is 10.2 Å². The Kier molecular flexibility index (Phi) is 11.1. The maximum atomic E-state index is 14.3. The molecule has 0 heterocycles. The first-order chi connectivity index (χ1) is 19.7. The predicted octanol–water partition coefficient (Wildman–Crippen LogP) is 6.78. The SMILES string of the molecule is CCc1ccccc1N(CC(=O)N(Cc1c(Cl)cccc1Cl)C(CC)C(=O)NC(C)(C)C)S(=O)(=O)c1ccc(C)cc1. The molecule has 1 unspecified atom stereocenters. The van der Waals surface area contributed by atoms with Crippen LogP contribution in [-0.4, -0.2) is 43.3 Å². The lowest BCUT2D eigenvalue weighted by atomic mass is 10.1. The summed E-state index contributed by atoms with van der Waals surface area (Å²) in [5.41, 5.74) is 1.99. The van der Waals surface area contributed by atoms with Gasteiger partial charge in [0.2, 0.25) is 11.8 Å². The molecule has 0 spiro atoms. The molecule has 1 N–H and O–H groups in total. The summed E-state index contributed by atoms with van der Waals surface area (Å²) < 4.78 is 29.4. The summed E-state index contributed by atoms with van der Waals surface area (Å²) in [7, 11) is -4.17. The van der Waals surface area contributed by atoms with E-state index in [0.29, 0.717) is 27.7 Å². The van der Waals surface area contributed by atoms with E-state index < -0.39 is 34.1 Å². The van der Waals surface area contributed by atoms with Crippen LogP contribution in [0.5, 0.6) is 0 Å². The smallest absolute Gasteiger partial charge is 0.264 e. The molecule has 1 atom stereocenters. The number of nitrogens with zero attached hydrogens (tertiary/aromatic N) is 2. The van der Waals surface area contributed by atoms with E-state index in [-0.39, 0.29) is 23.8 Å². The summed E-state index contributed by atoms with van der Waals surface area (Å²) in [6.45, 7) is 10.5. The fraction of sp³-hybridized carbons (Fsp3) is 0.375. The number of sulfonamides is 1. The van der Waals surface area contributed by atoms with E-state index in [4.69, 9.17) is 23.2 Å². The van der Waals surface area contributed by atoms with Gasteiger partial charge in [-0.05, 0) is 76.4 Å². The zero-order chi connectivity index (χ0) is 31.2. The first-order valence-corrected chi connectivity index (χ1v) is 16.1. The number of benzene rings is 3. The topological polar surface area (TPSA) is 86.8 Å². The van der Waals surface area contributed by atoms with Crippen molar-refractivity contribution in [3.63, 3.8) is 0 Å². The zero-order valence-electron chi connectivity index (χ0n) is 24.9. The van der Waals surface area contributed by atoms with Crippen molar-refractivity contribution in [3.8, 4) is 0 Å². The highest BCUT2D eigenvalue weighted by Gasteiger charge is 2.35. The second-order valence-electron chi connectivity index (χ2n) is 11.2. The molecule has 7 nitrogen and oxygen atoms in total. The van der Waals surface area contributed by atoms with E-state index in [9.17, 15) is 18.0 Å². The van der Waals surface area contributed by atoms with E-state index >= 15 is 0 Å². The Morgan fingerprint density at radius 1 is 0.905 bits per heavy atom. The minimum absolute atomic E-state index is 0.0602. The maximum absolute atomic E-state index is 14.3. The summed E-state index contributed by atoms with van der Waals surface area (Å²) in [4.78, 5) is 29.2. The van der Waals surface area contributed by atoms with Crippen molar-refractivity contribution < 1.29 is 18.0 Å². The number of halogens is 2. The summed E-state index contributed by atoms with van der Waals surface area (Å²) in [5, 5.41) is 3.63. The predicted molar refractivity (Wildman–Crippen MR) is 171 cm³/mol. The van der Waals surface area contributed by atoms with Crippen LogP contribution in [0.1, 0.15) is 57.7 Å². The third-order valence-corrected chi connectivity index (χ3v) is 9.29. The molecule has 3 rings (SSSR count). The number of nitrogens with one attached hydrogen (secondary N) is 1. The lowest BCUT2D eigenvalue weighted by molar-refractivity contribution is -0.141. The van der Waals surface area contributed by atoms with Gasteiger partial charge in [0.1, 0.15) is 12.6 Å². The average Bonchev–Trinajstić information content (AvgIpc) is 2.92. The molecular formula is C32H39Cl2N3O4S. The number of carbonyl (C=O) groups excluding carboxylic acids is 2. The van der Waals surface area contributed by atoms with Gasteiger partial charge in [-0.3, -0.25) is 13.9 Å². The molecule has 3 aromatic carbocycles. The zero-order valence-corrected chi connectivity index (χ0v) is 27.3. The van der Waals surface area contributed by atoms with Gasteiger partial charge < -0.3 is 10.2 Å². The number of para-hydroxylation sites is 1. The van der Waals surface area contributed by atoms with Crippen LogP contribution in [-0.2, 0) is 32.6 Å². The molecule has 0 bridgehead atoms. The van der Waals surface area contributed by atoms with Gasteiger partial charge in [0.15, 0.2) is 0 Å².